The maximum atomic E-state index is 13.5. The van der Waals surface area contributed by atoms with Crippen molar-refractivity contribution in [3.63, 3.8) is 0 Å². The summed E-state index contributed by atoms with van der Waals surface area (Å²) in [5, 5.41) is 7.31. The number of ether oxygens (including phenoxy) is 2. The van der Waals surface area contributed by atoms with Crippen LogP contribution in [0.25, 0.3) is 0 Å². The fourth-order valence-electron chi connectivity index (χ4n) is 3.85. The lowest BCUT2D eigenvalue weighted by Gasteiger charge is -2.22. The highest BCUT2D eigenvalue weighted by molar-refractivity contribution is 6.30. The predicted octanol–water partition coefficient (Wildman–Crippen LogP) is 5.16. The molecule has 0 bridgehead atoms. The van der Waals surface area contributed by atoms with E-state index in [4.69, 9.17) is 25.6 Å². The Morgan fingerprint density at radius 1 is 0.921 bits per heavy atom. The molecular weight excluding hydrogens is 506 g/mol. The van der Waals surface area contributed by atoms with E-state index in [0.717, 1.165) is 16.9 Å². The molecule has 9 heteroatoms. The van der Waals surface area contributed by atoms with Crippen molar-refractivity contribution in [3.05, 3.63) is 112 Å². The summed E-state index contributed by atoms with van der Waals surface area (Å²) in [6.45, 7) is 0.851. The summed E-state index contributed by atoms with van der Waals surface area (Å²) < 4.78 is 15.9. The number of amides is 2. The minimum atomic E-state index is -0.385. The number of aromatic nitrogens is 1. The maximum absolute atomic E-state index is 13.5. The molecular formula is C29H28ClN3O5. The van der Waals surface area contributed by atoms with Gasteiger partial charge in [-0.15, -0.1) is 0 Å². The third kappa shape index (κ3) is 7.14. The number of halogens is 1. The van der Waals surface area contributed by atoms with E-state index >= 15 is 0 Å². The first-order valence-corrected chi connectivity index (χ1v) is 12.4. The zero-order chi connectivity index (χ0) is 26.9. The second kappa shape index (κ2) is 12.8. The molecule has 8 nitrogen and oxygen atoms in total. The van der Waals surface area contributed by atoms with Crippen LogP contribution in [0.4, 0.5) is 0 Å². The molecule has 0 fully saturated rings. The molecule has 0 aliphatic rings. The van der Waals surface area contributed by atoms with Crippen molar-refractivity contribution in [1.82, 2.24) is 15.4 Å². The predicted molar refractivity (Wildman–Crippen MR) is 144 cm³/mol. The first-order chi connectivity index (χ1) is 18.4. The average Bonchev–Trinajstić information content (AvgIpc) is 3.42. The minimum absolute atomic E-state index is 0.131. The zero-order valence-corrected chi connectivity index (χ0v) is 21.9. The van der Waals surface area contributed by atoms with Crippen LogP contribution in [-0.4, -0.2) is 42.6 Å². The van der Waals surface area contributed by atoms with E-state index in [0.29, 0.717) is 41.6 Å². The van der Waals surface area contributed by atoms with Crippen molar-refractivity contribution < 1.29 is 23.6 Å². The number of rotatable bonds is 11. The lowest BCUT2D eigenvalue weighted by atomic mass is 10.1. The number of methoxy groups -OCH3 is 2. The van der Waals surface area contributed by atoms with Gasteiger partial charge in [-0.05, 0) is 60.0 Å². The Bertz CT molecular complexity index is 1390. The van der Waals surface area contributed by atoms with E-state index in [1.54, 1.807) is 61.6 Å². The second-order valence-corrected chi connectivity index (χ2v) is 8.98. The molecule has 1 aromatic heterocycles. The summed E-state index contributed by atoms with van der Waals surface area (Å²) in [5.74, 6) is 1.17. The van der Waals surface area contributed by atoms with Crippen LogP contribution >= 0.6 is 11.6 Å². The van der Waals surface area contributed by atoms with E-state index < -0.39 is 0 Å². The summed E-state index contributed by atoms with van der Waals surface area (Å²) >= 11 is 6.01. The molecule has 196 valence electrons. The Morgan fingerprint density at radius 3 is 2.42 bits per heavy atom. The van der Waals surface area contributed by atoms with E-state index in [2.05, 4.69) is 10.5 Å². The van der Waals surface area contributed by atoms with Crippen LogP contribution in [0.1, 0.15) is 37.7 Å². The van der Waals surface area contributed by atoms with Gasteiger partial charge in [0.1, 0.15) is 11.5 Å². The van der Waals surface area contributed by atoms with Gasteiger partial charge in [-0.2, -0.15) is 0 Å². The fraction of sp³-hybridized carbons (Fsp3) is 0.207. The van der Waals surface area contributed by atoms with Crippen LogP contribution < -0.4 is 14.8 Å². The topological polar surface area (TPSA) is 93.9 Å². The van der Waals surface area contributed by atoms with Gasteiger partial charge in [-0.25, -0.2) is 0 Å². The molecule has 0 aliphatic carbocycles. The van der Waals surface area contributed by atoms with Crippen molar-refractivity contribution in [2.24, 2.45) is 0 Å². The summed E-state index contributed by atoms with van der Waals surface area (Å²) in [6.07, 6.45) is 0.612. The molecule has 2 amide bonds. The first-order valence-electron chi connectivity index (χ1n) is 12.0. The standard InChI is InChI=1S/C29H28ClN3O5/c1-36-24-11-9-20(10-12-24)13-14-33(29(35)22-6-4-8-25(16-22)37-2)19-26-17-27(32-38-26)28(34)31-18-21-5-3-7-23(30)15-21/h3-12,15-17H,13-14,18-19H2,1-2H3,(H,31,34). The van der Waals surface area contributed by atoms with Crippen molar-refractivity contribution >= 4 is 23.4 Å². The Balaban J connectivity index is 1.46. The SMILES string of the molecule is COc1ccc(CCN(Cc2cc(C(=O)NCc3cccc(Cl)c3)no2)C(=O)c2cccc(OC)c2)cc1. The van der Waals surface area contributed by atoms with Crippen LogP contribution in [0.15, 0.2) is 83.4 Å². The summed E-state index contributed by atoms with van der Waals surface area (Å²) in [7, 11) is 3.17. The van der Waals surface area contributed by atoms with E-state index in [1.165, 1.54) is 0 Å². The molecule has 38 heavy (non-hydrogen) atoms. The number of carbonyl (C=O) groups is 2. The first kappa shape index (κ1) is 26.8. The van der Waals surface area contributed by atoms with Crippen LogP contribution in [0, 0.1) is 0 Å². The Labute approximate surface area is 226 Å². The highest BCUT2D eigenvalue weighted by atomic mass is 35.5. The highest BCUT2D eigenvalue weighted by Gasteiger charge is 2.20. The summed E-state index contributed by atoms with van der Waals surface area (Å²) in [4.78, 5) is 27.7. The smallest absolute Gasteiger partial charge is 0.273 e. The molecule has 0 unspecified atom stereocenters. The van der Waals surface area contributed by atoms with Gasteiger partial charge < -0.3 is 24.2 Å². The molecule has 0 saturated heterocycles. The van der Waals surface area contributed by atoms with Crippen LogP contribution in [0.2, 0.25) is 5.02 Å². The van der Waals surface area contributed by atoms with Gasteiger partial charge in [-0.3, -0.25) is 9.59 Å². The van der Waals surface area contributed by atoms with Gasteiger partial charge in [-0.1, -0.05) is 47.1 Å². The molecule has 1 N–H and O–H groups in total. The molecule has 4 aromatic rings. The normalized spacial score (nSPS) is 10.6. The van der Waals surface area contributed by atoms with Crippen LogP contribution in [0.5, 0.6) is 11.5 Å². The lowest BCUT2D eigenvalue weighted by molar-refractivity contribution is 0.0728. The van der Waals surface area contributed by atoms with E-state index in [9.17, 15) is 9.59 Å². The van der Waals surface area contributed by atoms with Gasteiger partial charge >= 0.3 is 0 Å². The van der Waals surface area contributed by atoms with Crippen molar-refractivity contribution in [3.8, 4) is 11.5 Å². The monoisotopic (exact) mass is 533 g/mol. The van der Waals surface area contributed by atoms with Crippen molar-refractivity contribution in [2.45, 2.75) is 19.5 Å². The fourth-order valence-corrected chi connectivity index (χ4v) is 4.06. The average molecular weight is 534 g/mol. The molecule has 1 heterocycles. The molecule has 0 spiro atoms. The van der Waals surface area contributed by atoms with Crippen LogP contribution in [-0.2, 0) is 19.5 Å². The van der Waals surface area contributed by atoms with Crippen LogP contribution in [0.3, 0.4) is 0 Å². The van der Waals surface area contributed by atoms with E-state index in [-0.39, 0.29) is 24.1 Å². The number of hydrogen-bond donors (Lipinski definition) is 1. The zero-order valence-electron chi connectivity index (χ0n) is 21.1. The molecule has 0 aliphatic heterocycles. The van der Waals surface area contributed by atoms with Crippen molar-refractivity contribution in [2.75, 3.05) is 20.8 Å². The lowest BCUT2D eigenvalue weighted by Crippen LogP contribution is -2.32. The molecule has 0 atom stereocenters. The Morgan fingerprint density at radius 2 is 1.68 bits per heavy atom. The second-order valence-electron chi connectivity index (χ2n) is 8.55. The van der Waals surface area contributed by atoms with Gasteiger partial charge in [0.05, 0.1) is 20.8 Å². The summed E-state index contributed by atoms with van der Waals surface area (Å²) in [6, 6.07) is 23.4. The third-order valence-electron chi connectivity index (χ3n) is 5.91. The highest BCUT2D eigenvalue weighted by Crippen LogP contribution is 2.18. The molecule has 0 saturated carbocycles. The Kier molecular flexibility index (Phi) is 9.00. The third-order valence-corrected chi connectivity index (χ3v) is 6.15. The number of nitrogens with zero attached hydrogens (tertiary/aromatic N) is 2. The largest absolute Gasteiger partial charge is 0.497 e. The number of benzene rings is 3. The van der Waals surface area contributed by atoms with Crippen molar-refractivity contribution in [1.29, 1.82) is 0 Å². The van der Waals surface area contributed by atoms with Gasteiger partial charge in [0.15, 0.2) is 11.5 Å². The van der Waals surface area contributed by atoms with Gasteiger partial charge in [0, 0.05) is 29.7 Å². The quantitative estimate of drug-likeness (QED) is 0.286. The number of hydrogen-bond acceptors (Lipinski definition) is 6. The molecule has 3 aromatic carbocycles. The maximum Gasteiger partial charge on any atom is 0.273 e. The Hall–Kier alpha value is -4.30. The van der Waals surface area contributed by atoms with E-state index in [1.807, 2.05) is 36.4 Å². The minimum Gasteiger partial charge on any atom is -0.497 e. The molecule has 4 rings (SSSR count). The van der Waals surface area contributed by atoms with Gasteiger partial charge in [0.25, 0.3) is 11.8 Å². The van der Waals surface area contributed by atoms with Gasteiger partial charge in [0.2, 0.25) is 0 Å². The summed E-state index contributed by atoms with van der Waals surface area (Å²) in [5.41, 5.74) is 2.53. The number of nitrogens with one attached hydrogen (secondary N) is 1. The molecule has 0 radical (unpaired) electrons. The number of carbonyl (C=O) groups excluding carboxylic acids is 2.